The summed E-state index contributed by atoms with van der Waals surface area (Å²) >= 11 is 11.3. The van der Waals surface area contributed by atoms with Gasteiger partial charge in [-0.3, -0.25) is 15.6 Å². The first kappa shape index (κ1) is 18.1. The van der Waals surface area contributed by atoms with E-state index in [0.29, 0.717) is 18.3 Å². The van der Waals surface area contributed by atoms with E-state index >= 15 is 0 Å². The van der Waals surface area contributed by atoms with Gasteiger partial charge in [0.25, 0.3) is 0 Å². The van der Waals surface area contributed by atoms with Gasteiger partial charge in [-0.1, -0.05) is 11.4 Å². The maximum Gasteiger partial charge on any atom is 0.248 e. The van der Waals surface area contributed by atoms with Crippen LogP contribution in [0.4, 0.5) is 0 Å². The minimum atomic E-state index is -2.41. The lowest BCUT2D eigenvalue weighted by molar-refractivity contribution is -0.119. The van der Waals surface area contributed by atoms with Crippen LogP contribution in [-0.4, -0.2) is 37.0 Å². The fraction of sp³-hybridized carbons (Fsp3) is 0.750. The number of hydrogen-bond donors (Lipinski definition) is 3. The fourth-order valence-corrected chi connectivity index (χ4v) is 5.06. The summed E-state index contributed by atoms with van der Waals surface area (Å²) in [7, 11) is 1.65. The molecule has 106 valence electrons. The number of amides is 1. The van der Waals surface area contributed by atoms with Gasteiger partial charge in [-0.05, 0) is 37.9 Å². The summed E-state index contributed by atoms with van der Waals surface area (Å²) in [6, 6.07) is 0. The molecule has 0 rings (SSSR count). The summed E-state index contributed by atoms with van der Waals surface area (Å²) in [5, 5.41) is 3.00. The highest BCUT2D eigenvalue weighted by Crippen LogP contribution is 2.60. The topological polar surface area (TPSA) is 71.6 Å². The molecular formula is C8H18N3O3PS3. The quantitative estimate of drug-likeness (QED) is 0.364. The summed E-state index contributed by atoms with van der Waals surface area (Å²) in [5.74, 6) is -0.0948. The van der Waals surface area contributed by atoms with Crippen LogP contribution in [0.3, 0.4) is 0 Å². The molecule has 0 fully saturated rings. The van der Waals surface area contributed by atoms with Gasteiger partial charge in [-0.25, -0.2) is 0 Å². The van der Waals surface area contributed by atoms with Crippen LogP contribution >= 0.6 is 29.3 Å². The highest BCUT2D eigenvalue weighted by Gasteiger charge is 2.20. The predicted molar refractivity (Wildman–Crippen MR) is 82.9 cm³/mol. The predicted octanol–water partition coefficient (Wildman–Crippen LogP) is 1.14. The fourth-order valence-electron chi connectivity index (χ4n) is 0.791. The smallest absolute Gasteiger partial charge is 0.248 e. The van der Waals surface area contributed by atoms with E-state index in [2.05, 4.69) is 16.2 Å². The molecule has 6 nitrogen and oxygen atoms in total. The van der Waals surface area contributed by atoms with Gasteiger partial charge in [0.15, 0.2) is 5.11 Å². The van der Waals surface area contributed by atoms with E-state index in [1.807, 2.05) is 13.8 Å². The van der Waals surface area contributed by atoms with Crippen LogP contribution in [0.1, 0.15) is 13.8 Å². The van der Waals surface area contributed by atoms with Crippen LogP contribution in [0.5, 0.6) is 0 Å². The molecule has 0 saturated heterocycles. The lowest BCUT2D eigenvalue weighted by atomic mass is 10.7. The first-order chi connectivity index (χ1) is 8.47. The number of rotatable bonds is 7. The zero-order valence-electron chi connectivity index (χ0n) is 10.5. The van der Waals surface area contributed by atoms with Gasteiger partial charge in [0, 0.05) is 7.05 Å². The van der Waals surface area contributed by atoms with Gasteiger partial charge in [-0.2, -0.15) is 0 Å². The Hall–Kier alpha value is 0.0800. The Morgan fingerprint density at radius 2 is 1.83 bits per heavy atom. The summed E-state index contributed by atoms with van der Waals surface area (Å²) in [5.41, 5.74) is 2.56. The van der Waals surface area contributed by atoms with Gasteiger partial charge >= 0.3 is 0 Å². The molecule has 0 aliphatic heterocycles. The van der Waals surface area contributed by atoms with Gasteiger partial charge in [0.05, 0.1) is 19.0 Å². The lowest BCUT2D eigenvalue weighted by Crippen LogP contribution is -2.46. The van der Waals surface area contributed by atoms with Crippen LogP contribution in [0.15, 0.2) is 0 Å². The van der Waals surface area contributed by atoms with Crippen LogP contribution < -0.4 is 16.2 Å². The van der Waals surface area contributed by atoms with Crippen LogP contribution in [0.2, 0.25) is 0 Å². The highest BCUT2D eigenvalue weighted by atomic mass is 32.9. The second-order valence-electron chi connectivity index (χ2n) is 2.81. The van der Waals surface area contributed by atoms with Crippen molar-refractivity contribution < 1.29 is 13.8 Å². The summed E-state index contributed by atoms with van der Waals surface area (Å²) in [6.45, 7) is 4.61. The molecule has 0 bridgehead atoms. The minimum absolute atomic E-state index is 0.149. The van der Waals surface area contributed by atoms with Crippen molar-refractivity contribution in [1.29, 1.82) is 0 Å². The Morgan fingerprint density at radius 3 is 2.28 bits per heavy atom. The van der Waals surface area contributed by atoms with Crippen molar-refractivity contribution in [2.45, 2.75) is 13.8 Å². The van der Waals surface area contributed by atoms with Crippen molar-refractivity contribution in [3.05, 3.63) is 0 Å². The van der Waals surface area contributed by atoms with E-state index in [0.717, 1.165) is 0 Å². The monoisotopic (exact) mass is 331 g/mol. The van der Waals surface area contributed by atoms with Gasteiger partial charge in [0.1, 0.15) is 0 Å². The molecule has 0 spiro atoms. The van der Waals surface area contributed by atoms with Crippen molar-refractivity contribution in [3.8, 4) is 0 Å². The molecule has 0 unspecified atom stereocenters. The molecule has 0 saturated carbocycles. The minimum Gasteiger partial charge on any atom is -0.364 e. The highest BCUT2D eigenvalue weighted by molar-refractivity contribution is 8.68. The third-order valence-corrected chi connectivity index (χ3v) is 7.18. The van der Waals surface area contributed by atoms with Crippen LogP contribution in [-0.2, 0) is 25.6 Å². The SMILES string of the molecule is CCOP(=S)(OCC)SCC(=O)NNC(=S)NC. The Morgan fingerprint density at radius 1 is 1.28 bits per heavy atom. The van der Waals surface area contributed by atoms with Crippen molar-refractivity contribution in [2.75, 3.05) is 26.0 Å². The molecule has 0 aliphatic carbocycles. The number of thiocarbonyl (C=S) groups is 1. The zero-order valence-corrected chi connectivity index (χ0v) is 13.9. The van der Waals surface area contributed by atoms with Crippen molar-refractivity contribution in [2.24, 2.45) is 0 Å². The Balaban J connectivity index is 4.07. The molecule has 18 heavy (non-hydrogen) atoms. The first-order valence-corrected chi connectivity index (χ1v) is 9.91. The molecule has 0 heterocycles. The van der Waals surface area contributed by atoms with E-state index in [9.17, 15) is 4.79 Å². The molecule has 1 amide bonds. The molecule has 0 radical (unpaired) electrons. The summed E-state index contributed by atoms with van der Waals surface area (Å²) < 4.78 is 10.8. The number of hydrazine groups is 1. The average Bonchev–Trinajstić information content (AvgIpc) is 2.34. The second-order valence-corrected chi connectivity index (χ2v) is 9.53. The van der Waals surface area contributed by atoms with Gasteiger partial charge in [-0.15, -0.1) is 0 Å². The number of carbonyl (C=O) groups excluding carboxylic acids is 1. The number of nitrogens with one attached hydrogen (secondary N) is 3. The maximum absolute atomic E-state index is 11.5. The summed E-state index contributed by atoms with van der Waals surface area (Å²) in [6.07, 6.45) is 0. The molecule has 0 aromatic heterocycles. The zero-order chi connectivity index (χ0) is 14.0. The Bertz CT molecular complexity index is 320. The number of carbonyl (C=O) groups is 1. The van der Waals surface area contributed by atoms with E-state index in [1.165, 1.54) is 11.4 Å². The van der Waals surface area contributed by atoms with E-state index in [4.69, 9.17) is 33.1 Å². The van der Waals surface area contributed by atoms with Crippen molar-refractivity contribution >= 4 is 52.1 Å². The Kier molecular flexibility index (Phi) is 9.98. The Labute approximate surface area is 122 Å². The van der Waals surface area contributed by atoms with Crippen molar-refractivity contribution in [3.63, 3.8) is 0 Å². The molecule has 10 heteroatoms. The maximum atomic E-state index is 11.5. The summed E-state index contributed by atoms with van der Waals surface area (Å²) in [4.78, 5) is 11.5. The van der Waals surface area contributed by atoms with E-state index in [-0.39, 0.29) is 11.7 Å². The van der Waals surface area contributed by atoms with E-state index in [1.54, 1.807) is 7.05 Å². The van der Waals surface area contributed by atoms with Crippen LogP contribution in [0.25, 0.3) is 0 Å². The van der Waals surface area contributed by atoms with E-state index < -0.39 is 5.69 Å². The normalized spacial score (nSPS) is 10.8. The molecule has 0 aromatic carbocycles. The molecule has 3 N–H and O–H groups in total. The average molecular weight is 331 g/mol. The standard InChI is InChI=1S/C8H18N3O3PS3/c1-4-13-15(17,14-5-2)18-6-7(12)10-11-8(16)9-3/h4-6H2,1-3H3,(H,10,12)(H2,9,11,16). The van der Waals surface area contributed by atoms with Gasteiger partial charge in [0.2, 0.25) is 11.6 Å². The largest absolute Gasteiger partial charge is 0.364 e. The second kappa shape index (κ2) is 9.94. The van der Waals surface area contributed by atoms with Crippen molar-refractivity contribution in [1.82, 2.24) is 16.2 Å². The third kappa shape index (κ3) is 8.23. The molecule has 0 aliphatic rings. The third-order valence-electron chi connectivity index (χ3n) is 1.47. The van der Waals surface area contributed by atoms with Gasteiger partial charge < -0.3 is 14.4 Å². The molecule has 0 aromatic rings. The lowest BCUT2D eigenvalue weighted by Gasteiger charge is -2.19. The van der Waals surface area contributed by atoms with Crippen LogP contribution in [0, 0.1) is 0 Å². The number of hydrogen-bond acceptors (Lipinski definition) is 6. The molecular weight excluding hydrogens is 313 g/mol. The molecule has 0 atom stereocenters. The first-order valence-electron chi connectivity index (χ1n) is 5.27.